The monoisotopic (exact) mass is 516 g/mol. The number of hydrogen-bond donors (Lipinski definition) is 2. The van der Waals surface area contributed by atoms with Gasteiger partial charge in [0.15, 0.2) is 0 Å². The maximum atomic E-state index is 12.8. The molecule has 0 fully saturated rings. The van der Waals surface area contributed by atoms with Crippen molar-refractivity contribution in [3.8, 4) is 5.75 Å². The summed E-state index contributed by atoms with van der Waals surface area (Å²) < 4.78 is 34.1. The van der Waals surface area contributed by atoms with Gasteiger partial charge in [0.1, 0.15) is 5.75 Å². The SMILES string of the molecule is CCCOc1ccc(Br)cc1C(=O)Nc1ccc(S(=O)(=O)NCCc2ccccc2)cc1. The lowest BCUT2D eigenvalue weighted by molar-refractivity contribution is 0.102. The first-order valence-electron chi connectivity index (χ1n) is 10.3. The number of ether oxygens (including phenoxy) is 1. The van der Waals surface area contributed by atoms with Gasteiger partial charge >= 0.3 is 0 Å². The van der Waals surface area contributed by atoms with E-state index in [2.05, 4.69) is 26.0 Å². The van der Waals surface area contributed by atoms with Gasteiger partial charge in [-0.15, -0.1) is 0 Å². The number of carbonyl (C=O) groups excluding carboxylic acids is 1. The van der Waals surface area contributed by atoms with Crippen LogP contribution in [0.2, 0.25) is 0 Å². The number of nitrogens with one attached hydrogen (secondary N) is 2. The van der Waals surface area contributed by atoms with Crippen molar-refractivity contribution in [3.05, 3.63) is 88.4 Å². The molecule has 3 rings (SSSR count). The molecule has 0 aromatic heterocycles. The molecule has 0 bridgehead atoms. The van der Waals surface area contributed by atoms with E-state index in [0.29, 0.717) is 36.6 Å². The summed E-state index contributed by atoms with van der Waals surface area (Å²) in [5.74, 6) is 0.156. The van der Waals surface area contributed by atoms with Gasteiger partial charge < -0.3 is 10.1 Å². The average molecular weight is 517 g/mol. The van der Waals surface area contributed by atoms with E-state index in [1.54, 1.807) is 24.3 Å². The van der Waals surface area contributed by atoms with Crippen LogP contribution in [0, 0.1) is 0 Å². The number of anilines is 1. The maximum absolute atomic E-state index is 12.8. The van der Waals surface area contributed by atoms with Gasteiger partial charge in [-0.1, -0.05) is 53.2 Å². The predicted octanol–water partition coefficient (Wildman–Crippen LogP) is 5.01. The molecule has 0 heterocycles. The third kappa shape index (κ3) is 6.66. The Morgan fingerprint density at radius 2 is 1.72 bits per heavy atom. The molecule has 3 aromatic rings. The molecule has 0 radical (unpaired) electrons. The molecule has 0 unspecified atom stereocenters. The average Bonchev–Trinajstić information content (AvgIpc) is 2.79. The first-order chi connectivity index (χ1) is 15.4. The molecule has 1 amide bonds. The summed E-state index contributed by atoms with van der Waals surface area (Å²) in [4.78, 5) is 12.9. The molecule has 6 nitrogen and oxygen atoms in total. The molecule has 0 spiro atoms. The van der Waals surface area contributed by atoms with Crippen LogP contribution in [-0.4, -0.2) is 27.5 Å². The number of hydrogen-bond acceptors (Lipinski definition) is 4. The summed E-state index contributed by atoms with van der Waals surface area (Å²) in [6, 6.07) is 21.0. The zero-order chi connectivity index (χ0) is 23.0. The lowest BCUT2D eigenvalue weighted by Gasteiger charge is -2.12. The van der Waals surface area contributed by atoms with Crippen molar-refractivity contribution in [2.24, 2.45) is 0 Å². The molecule has 0 aliphatic heterocycles. The van der Waals surface area contributed by atoms with Gasteiger partial charge in [0.25, 0.3) is 5.91 Å². The summed E-state index contributed by atoms with van der Waals surface area (Å²) in [7, 11) is -3.64. The van der Waals surface area contributed by atoms with E-state index in [1.165, 1.54) is 12.1 Å². The van der Waals surface area contributed by atoms with Crippen molar-refractivity contribution in [2.45, 2.75) is 24.7 Å². The molecule has 0 aliphatic carbocycles. The number of sulfonamides is 1. The lowest BCUT2D eigenvalue weighted by atomic mass is 10.2. The Bertz CT molecular complexity index is 1150. The second-order valence-electron chi connectivity index (χ2n) is 7.10. The number of halogens is 1. The third-order valence-electron chi connectivity index (χ3n) is 4.62. The van der Waals surface area contributed by atoms with E-state index in [0.717, 1.165) is 16.5 Å². The molecule has 2 N–H and O–H groups in total. The normalized spacial score (nSPS) is 11.2. The maximum Gasteiger partial charge on any atom is 0.259 e. The molecule has 8 heteroatoms. The van der Waals surface area contributed by atoms with Crippen LogP contribution in [0.5, 0.6) is 5.75 Å². The molecule has 168 valence electrons. The molecule has 32 heavy (non-hydrogen) atoms. The fraction of sp³-hybridized carbons (Fsp3) is 0.208. The fourth-order valence-electron chi connectivity index (χ4n) is 2.99. The first kappa shape index (κ1) is 24.0. The van der Waals surface area contributed by atoms with Crippen LogP contribution in [0.4, 0.5) is 5.69 Å². The Morgan fingerprint density at radius 1 is 1.00 bits per heavy atom. The van der Waals surface area contributed by atoms with Crippen LogP contribution >= 0.6 is 15.9 Å². The van der Waals surface area contributed by atoms with Crippen molar-refractivity contribution in [3.63, 3.8) is 0 Å². The Hall–Kier alpha value is -2.68. The minimum Gasteiger partial charge on any atom is -0.493 e. The zero-order valence-corrected chi connectivity index (χ0v) is 20.1. The highest BCUT2D eigenvalue weighted by atomic mass is 79.9. The van der Waals surface area contributed by atoms with Gasteiger partial charge in [0, 0.05) is 16.7 Å². The van der Waals surface area contributed by atoms with E-state index in [-0.39, 0.29) is 10.8 Å². The molecular weight excluding hydrogens is 492 g/mol. The van der Waals surface area contributed by atoms with Crippen LogP contribution in [0.15, 0.2) is 82.2 Å². The van der Waals surface area contributed by atoms with Crippen LogP contribution in [0.3, 0.4) is 0 Å². The number of amides is 1. The highest BCUT2D eigenvalue weighted by molar-refractivity contribution is 9.10. The van der Waals surface area contributed by atoms with Gasteiger partial charge in [0.2, 0.25) is 10.0 Å². The van der Waals surface area contributed by atoms with Gasteiger partial charge in [-0.2, -0.15) is 0 Å². The highest BCUT2D eigenvalue weighted by Gasteiger charge is 2.16. The smallest absolute Gasteiger partial charge is 0.259 e. The van der Waals surface area contributed by atoms with E-state index < -0.39 is 10.0 Å². The molecule has 0 saturated heterocycles. The van der Waals surface area contributed by atoms with Crippen LogP contribution in [0.1, 0.15) is 29.3 Å². The van der Waals surface area contributed by atoms with Gasteiger partial charge in [0.05, 0.1) is 17.1 Å². The number of benzene rings is 3. The summed E-state index contributed by atoms with van der Waals surface area (Å²) in [5.41, 5.74) is 1.94. The second kappa shape index (κ2) is 11.3. The van der Waals surface area contributed by atoms with Crippen LogP contribution in [-0.2, 0) is 16.4 Å². The fourth-order valence-corrected chi connectivity index (χ4v) is 4.38. The Balaban J connectivity index is 1.64. The highest BCUT2D eigenvalue weighted by Crippen LogP contribution is 2.25. The molecular formula is C24H25BrN2O4S. The first-order valence-corrected chi connectivity index (χ1v) is 12.5. The van der Waals surface area contributed by atoms with Crippen LogP contribution < -0.4 is 14.8 Å². The Labute approximate surface area is 197 Å². The minimum atomic E-state index is -3.64. The number of carbonyl (C=O) groups is 1. The van der Waals surface area contributed by atoms with E-state index in [9.17, 15) is 13.2 Å². The van der Waals surface area contributed by atoms with Crippen molar-refractivity contribution >= 4 is 37.5 Å². The van der Waals surface area contributed by atoms with Crippen molar-refractivity contribution in [1.82, 2.24) is 4.72 Å². The zero-order valence-electron chi connectivity index (χ0n) is 17.7. The van der Waals surface area contributed by atoms with Crippen molar-refractivity contribution in [2.75, 3.05) is 18.5 Å². The molecule has 0 atom stereocenters. The number of rotatable bonds is 10. The predicted molar refractivity (Wildman–Crippen MR) is 130 cm³/mol. The molecule has 3 aromatic carbocycles. The van der Waals surface area contributed by atoms with E-state index >= 15 is 0 Å². The summed E-state index contributed by atoms with van der Waals surface area (Å²) in [5, 5.41) is 2.79. The van der Waals surface area contributed by atoms with E-state index in [1.807, 2.05) is 43.3 Å². The van der Waals surface area contributed by atoms with Gasteiger partial charge in [-0.05, 0) is 60.9 Å². The molecule has 0 saturated carbocycles. The summed E-state index contributed by atoms with van der Waals surface area (Å²) in [6.07, 6.45) is 1.43. The summed E-state index contributed by atoms with van der Waals surface area (Å²) >= 11 is 3.38. The second-order valence-corrected chi connectivity index (χ2v) is 9.78. The Morgan fingerprint density at radius 3 is 2.41 bits per heavy atom. The topological polar surface area (TPSA) is 84.5 Å². The van der Waals surface area contributed by atoms with Gasteiger partial charge in [-0.3, -0.25) is 4.79 Å². The molecule has 0 aliphatic rings. The van der Waals surface area contributed by atoms with E-state index in [4.69, 9.17) is 4.74 Å². The Kier molecular flexibility index (Phi) is 8.44. The quantitative estimate of drug-likeness (QED) is 0.396. The summed E-state index contributed by atoms with van der Waals surface area (Å²) in [6.45, 7) is 2.80. The van der Waals surface area contributed by atoms with Crippen molar-refractivity contribution < 1.29 is 17.9 Å². The van der Waals surface area contributed by atoms with Crippen molar-refractivity contribution in [1.29, 1.82) is 0 Å². The van der Waals surface area contributed by atoms with Crippen LogP contribution in [0.25, 0.3) is 0 Å². The third-order valence-corrected chi connectivity index (χ3v) is 6.59. The lowest BCUT2D eigenvalue weighted by Crippen LogP contribution is -2.26. The largest absolute Gasteiger partial charge is 0.493 e. The minimum absolute atomic E-state index is 0.137. The van der Waals surface area contributed by atoms with Gasteiger partial charge in [-0.25, -0.2) is 13.1 Å². The standard InChI is InChI=1S/C24H25BrN2O4S/c1-2-16-31-23-13-8-19(25)17-22(23)24(28)27-20-9-11-21(12-10-20)32(29,30)26-15-14-18-6-4-3-5-7-18/h3-13,17,26H,2,14-16H2,1H3,(H,27,28).